The number of nitrogens with one attached hydrogen (secondary N) is 10. The first-order valence-corrected chi connectivity index (χ1v) is 38.4. The van der Waals surface area contributed by atoms with Crippen molar-refractivity contribution in [2.45, 2.75) is 13.8 Å². The predicted molar refractivity (Wildman–Crippen MR) is 476 cm³/mol. The number of rotatable bonds is 15. The molecule has 0 saturated heterocycles. The van der Waals surface area contributed by atoms with E-state index >= 15 is 0 Å². The number of aryl methyl sites for hydroxylation is 2. The van der Waals surface area contributed by atoms with E-state index in [1.807, 2.05) is 170 Å². The molecule has 0 fully saturated rings. The summed E-state index contributed by atoms with van der Waals surface area (Å²) in [5.74, 6) is -0.730. The number of amides is 5. The van der Waals surface area contributed by atoms with Crippen LogP contribution in [-0.2, 0) is 0 Å². The number of pyridine rings is 6. The number of aromatic nitrogens is 20. The second-order valence-corrected chi connectivity index (χ2v) is 27.8. The molecular weight excluding hydrogens is 1580 g/mol. The highest BCUT2D eigenvalue weighted by Crippen LogP contribution is 2.33. The number of carbonyl (C=O) groups is 5. The summed E-state index contributed by atoms with van der Waals surface area (Å²) in [5, 5.41) is 52.6. The third kappa shape index (κ3) is 19.5. The standard InChI is InChI=1S/C19H13FN4O.C19H14N4O.C18H15N7O.2C18H14N6O/c20-14-4-1-5-15(10-14)22-19(25)18-16-9-12(6-7-17(16)23-24-18)13-3-2-8-21-11-13;24-19(21-15-6-2-1-3-7-15)18-16-11-13(8-9-17(16)22-23-18)14-5-4-10-20-12-14;1-10-21-8-14(9-22-10)23-18(26)17-15-5-11(2-3-16(15)24-25-17)12-4-13(19)7-20-6-12;1-11-20-9-14(10-21-11)22-18(25)17-15-7-12(4-5-16(15)23-24-17)13-3-2-6-19-8-13;19-13-7-12(9-21-10-13)11-1-2-16-15(8-11)17(24-23-16)18(25)22-14-3-5-20-6-4-14/h1-11H,(H,22,25)(H,23,24);1-12H,(H,21,24)(H,22,23);2-9H,19H2,1H3,(H,23,26)(H,24,25);2-10H,1H3,(H,22,25)(H,23,24);1-10H,19H2,(H,23,24)(H,20,22,25). The quantitative estimate of drug-likeness (QED) is 0.0453. The summed E-state index contributed by atoms with van der Waals surface area (Å²) >= 11 is 0. The highest BCUT2D eigenvalue weighted by atomic mass is 19.1. The number of nitrogens with two attached hydrogens (primary N) is 2. The van der Waals surface area contributed by atoms with E-state index < -0.39 is 11.7 Å². The van der Waals surface area contributed by atoms with E-state index in [1.54, 1.807) is 131 Å². The molecule has 32 nitrogen and oxygen atoms in total. The maximum absolute atomic E-state index is 13.3. The first-order valence-electron chi connectivity index (χ1n) is 38.4. The van der Waals surface area contributed by atoms with Crippen molar-refractivity contribution in [3.63, 3.8) is 0 Å². The average molecular weight is 1650 g/mol. The van der Waals surface area contributed by atoms with Crippen molar-refractivity contribution in [1.82, 2.24) is 101 Å². The second kappa shape index (κ2) is 37.2. The molecule has 0 radical (unpaired) electrons. The van der Waals surface area contributed by atoms with Gasteiger partial charge in [0.2, 0.25) is 0 Å². The Morgan fingerprint density at radius 2 is 0.568 bits per heavy atom. The van der Waals surface area contributed by atoms with Gasteiger partial charge >= 0.3 is 0 Å². The summed E-state index contributed by atoms with van der Waals surface area (Å²) in [6.45, 7) is 3.56. The minimum atomic E-state index is -0.413. The topological polar surface area (TPSA) is 470 Å². The van der Waals surface area contributed by atoms with Gasteiger partial charge in [-0.2, -0.15) is 25.5 Å². The zero-order valence-corrected chi connectivity index (χ0v) is 66.1. The minimum Gasteiger partial charge on any atom is -0.397 e. The van der Waals surface area contributed by atoms with Gasteiger partial charge in [-0.3, -0.25) is 79.4 Å². The largest absolute Gasteiger partial charge is 0.397 e. The fourth-order valence-electron chi connectivity index (χ4n) is 13.1. The predicted octanol–water partition coefficient (Wildman–Crippen LogP) is 16.3. The average Bonchev–Trinajstić information content (AvgIpc) is 1.69. The smallest absolute Gasteiger partial charge is 0.276 e. The number of anilines is 7. The van der Waals surface area contributed by atoms with Crippen molar-refractivity contribution in [2.24, 2.45) is 0 Å². The molecule has 14 N–H and O–H groups in total. The molecule has 20 rings (SSSR count). The van der Waals surface area contributed by atoms with Gasteiger partial charge in [-0.05, 0) is 175 Å². The van der Waals surface area contributed by atoms with Crippen LogP contribution in [0.5, 0.6) is 0 Å². The van der Waals surface area contributed by atoms with Crippen molar-refractivity contribution in [2.75, 3.05) is 38.1 Å². The minimum absolute atomic E-state index is 0.240. The van der Waals surface area contributed by atoms with Gasteiger partial charge in [-0.25, -0.2) is 24.3 Å². The van der Waals surface area contributed by atoms with Gasteiger partial charge in [0, 0.05) is 146 Å². The third-order valence-corrected chi connectivity index (χ3v) is 19.2. The molecule has 5 amide bonds. The number of hydrogen-bond donors (Lipinski definition) is 12. The van der Waals surface area contributed by atoms with E-state index in [0.29, 0.717) is 79.3 Å². The fourth-order valence-corrected chi connectivity index (χ4v) is 13.1. The van der Waals surface area contributed by atoms with Crippen molar-refractivity contribution >= 4 is 124 Å². The number of fused-ring (bicyclic) bond motifs is 5. The lowest BCUT2D eigenvalue weighted by atomic mass is 10.0. The molecule has 610 valence electrons. The maximum Gasteiger partial charge on any atom is 0.276 e. The number of nitrogens with zero attached hydrogens (tertiary/aromatic N) is 15. The second-order valence-electron chi connectivity index (χ2n) is 27.8. The zero-order chi connectivity index (χ0) is 86.1. The Morgan fingerprint density at radius 3 is 0.888 bits per heavy atom. The molecular formula is C92H70FN27O5. The molecule has 125 heavy (non-hydrogen) atoms. The van der Waals surface area contributed by atoms with Crippen LogP contribution in [0.2, 0.25) is 0 Å². The van der Waals surface area contributed by atoms with Crippen molar-refractivity contribution < 1.29 is 28.4 Å². The van der Waals surface area contributed by atoms with Gasteiger partial charge in [0.25, 0.3) is 29.5 Å². The number of carbonyl (C=O) groups excluding carboxylic acids is 5. The Hall–Kier alpha value is -18.2. The van der Waals surface area contributed by atoms with Crippen LogP contribution in [0.15, 0.2) is 305 Å². The molecule has 0 aliphatic carbocycles. The molecule has 13 heterocycles. The van der Waals surface area contributed by atoms with Crippen LogP contribution in [-0.4, -0.2) is 130 Å². The summed E-state index contributed by atoms with van der Waals surface area (Å²) in [6, 6.07) is 62.4. The molecule has 13 aromatic heterocycles. The van der Waals surface area contributed by atoms with Crippen LogP contribution < -0.4 is 38.1 Å². The molecule has 0 saturated carbocycles. The van der Waals surface area contributed by atoms with Crippen LogP contribution in [0.3, 0.4) is 0 Å². The molecule has 0 unspecified atom stereocenters. The van der Waals surface area contributed by atoms with E-state index in [4.69, 9.17) is 11.5 Å². The number of H-pyrrole nitrogens is 5. The number of benzene rings is 7. The monoisotopic (exact) mass is 1650 g/mol. The number of hydrogen-bond acceptors (Lipinski definition) is 22. The van der Waals surface area contributed by atoms with E-state index in [0.717, 1.165) is 105 Å². The normalized spacial score (nSPS) is 10.7. The van der Waals surface area contributed by atoms with Crippen LogP contribution in [0, 0.1) is 19.7 Å². The van der Waals surface area contributed by atoms with Gasteiger partial charge in [-0.1, -0.05) is 72.8 Å². The summed E-state index contributed by atoms with van der Waals surface area (Å²) in [4.78, 5) is 104. The summed E-state index contributed by atoms with van der Waals surface area (Å²) in [7, 11) is 0. The lowest BCUT2D eigenvalue weighted by molar-refractivity contribution is 0.101. The molecule has 0 atom stereocenters. The number of para-hydroxylation sites is 1. The van der Waals surface area contributed by atoms with Gasteiger partial charge in [0.15, 0.2) is 28.5 Å². The Labute approximate surface area is 708 Å². The maximum atomic E-state index is 13.3. The summed E-state index contributed by atoms with van der Waals surface area (Å²) in [6.07, 6.45) is 26.6. The SMILES string of the molecule is Cc1ncc(NC(=O)c2n[nH]c3ccc(-c4cccnc4)cc23)cn1.Cc1ncc(NC(=O)c2n[nH]c3ccc(-c4cncc(N)c4)cc23)cn1.Nc1cncc(-c2ccc3[nH]nc(C(=O)Nc4ccncc4)c3c2)c1.O=C(Nc1cccc(F)c1)c1n[nH]c2ccc(-c3cccnc3)cc12.O=C(Nc1ccccc1)c1n[nH]c2ccc(-c3cccnc3)cc12. The van der Waals surface area contributed by atoms with Crippen molar-refractivity contribution in [1.29, 1.82) is 0 Å². The lowest BCUT2D eigenvalue weighted by Gasteiger charge is -2.05. The Morgan fingerprint density at radius 1 is 0.264 bits per heavy atom. The molecule has 0 spiro atoms. The van der Waals surface area contributed by atoms with E-state index in [2.05, 4.69) is 127 Å². The van der Waals surface area contributed by atoms with Gasteiger partial charge < -0.3 is 38.1 Å². The van der Waals surface area contributed by atoms with Crippen LogP contribution >= 0.6 is 0 Å². The summed E-state index contributed by atoms with van der Waals surface area (Å²) < 4.78 is 13.3. The van der Waals surface area contributed by atoms with Crippen LogP contribution in [0.1, 0.15) is 64.1 Å². The van der Waals surface area contributed by atoms with Gasteiger partial charge in [0.1, 0.15) is 17.5 Å². The van der Waals surface area contributed by atoms with Crippen molar-refractivity contribution in [3.05, 3.63) is 351 Å². The van der Waals surface area contributed by atoms with Gasteiger partial charge in [0.05, 0.1) is 75.1 Å². The van der Waals surface area contributed by atoms with E-state index in [-0.39, 0.29) is 29.3 Å². The summed E-state index contributed by atoms with van der Waals surface area (Å²) in [5.41, 5.74) is 30.4. The molecule has 20 aromatic rings. The van der Waals surface area contributed by atoms with Crippen LogP contribution in [0.25, 0.3) is 110 Å². The lowest BCUT2D eigenvalue weighted by Crippen LogP contribution is -2.13. The van der Waals surface area contributed by atoms with Crippen LogP contribution in [0.4, 0.5) is 44.2 Å². The third-order valence-electron chi connectivity index (χ3n) is 19.2. The number of nitrogen functional groups attached to an aromatic ring is 2. The fraction of sp³-hybridized carbons (Fsp3) is 0.0217. The van der Waals surface area contributed by atoms with E-state index in [1.165, 1.54) is 18.2 Å². The first kappa shape index (κ1) is 80.6. The van der Waals surface area contributed by atoms with E-state index in [9.17, 15) is 28.4 Å². The molecule has 33 heteroatoms. The zero-order valence-electron chi connectivity index (χ0n) is 66.1. The molecule has 0 aliphatic heterocycles. The Bertz CT molecular complexity index is 7260. The van der Waals surface area contributed by atoms with Gasteiger partial charge in [-0.15, -0.1) is 0 Å². The number of aromatic amines is 5. The first-order chi connectivity index (χ1) is 61.0. The van der Waals surface area contributed by atoms with Crippen molar-refractivity contribution in [3.8, 4) is 55.6 Å². The highest BCUT2D eigenvalue weighted by Gasteiger charge is 2.22. The molecule has 0 aliphatic rings. The number of halogens is 1. The highest BCUT2D eigenvalue weighted by molar-refractivity contribution is 6.15. The molecule has 7 aromatic carbocycles. The molecule has 0 bridgehead atoms. The Kier molecular flexibility index (Phi) is 24.0. The Balaban J connectivity index is 0.000000115.